The molecule has 0 amide bonds. The van der Waals surface area contributed by atoms with Crippen LogP contribution in [0.2, 0.25) is 0 Å². The number of hydrogen-bond acceptors (Lipinski definition) is 2. The lowest BCUT2D eigenvalue weighted by atomic mass is 10.1. The van der Waals surface area contributed by atoms with Gasteiger partial charge in [0.1, 0.15) is 0 Å². The van der Waals surface area contributed by atoms with Crippen molar-refractivity contribution in [1.29, 1.82) is 0 Å². The first-order valence-corrected chi connectivity index (χ1v) is 3.92. The maximum Gasteiger partial charge on any atom is 0.0723 e. The molecule has 2 rings (SSSR count). The van der Waals surface area contributed by atoms with E-state index in [0.29, 0.717) is 6.54 Å². The summed E-state index contributed by atoms with van der Waals surface area (Å²) in [6.07, 6.45) is 1.86. The first-order valence-electron chi connectivity index (χ1n) is 3.92. The molecule has 0 bridgehead atoms. The van der Waals surface area contributed by atoms with Gasteiger partial charge < -0.3 is 5.73 Å². The molecule has 0 saturated carbocycles. The molecule has 0 aliphatic heterocycles. The summed E-state index contributed by atoms with van der Waals surface area (Å²) in [5, 5.41) is 5.32. The van der Waals surface area contributed by atoms with Gasteiger partial charge in [0.2, 0.25) is 0 Å². The van der Waals surface area contributed by atoms with Crippen molar-refractivity contribution in [2.45, 2.75) is 6.54 Å². The first kappa shape index (κ1) is 7.31. The van der Waals surface area contributed by atoms with E-state index in [4.69, 9.17) is 5.73 Å². The topological polar surface area (TPSA) is 43.8 Å². The Labute approximate surface area is 70.8 Å². The molecule has 1 heterocycles. The summed E-state index contributed by atoms with van der Waals surface area (Å²) < 4.78 is 1.86. The van der Waals surface area contributed by atoms with Crippen molar-refractivity contribution in [2.75, 3.05) is 0 Å². The Morgan fingerprint density at radius 3 is 3.08 bits per heavy atom. The number of nitrogens with zero attached hydrogens (tertiary/aromatic N) is 2. The fraction of sp³-hybridized carbons (Fsp3) is 0.222. The van der Waals surface area contributed by atoms with Crippen molar-refractivity contribution in [1.82, 2.24) is 9.78 Å². The van der Waals surface area contributed by atoms with E-state index in [1.54, 1.807) is 0 Å². The molecule has 0 saturated heterocycles. The summed E-state index contributed by atoms with van der Waals surface area (Å²) in [4.78, 5) is 0. The Kier molecular flexibility index (Phi) is 1.59. The number of nitrogens with two attached hydrogens (primary N) is 1. The maximum atomic E-state index is 5.60. The van der Waals surface area contributed by atoms with E-state index in [1.165, 1.54) is 0 Å². The third-order valence-corrected chi connectivity index (χ3v) is 2.06. The standard InChI is InChI=1S/C9H11N3/c1-12-9-7(5-10)3-2-4-8(9)6-11-12/h2-4,6H,5,10H2,1H3. The van der Waals surface area contributed by atoms with E-state index in [-0.39, 0.29) is 0 Å². The number of para-hydroxylation sites is 1. The van der Waals surface area contributed by atoms with Gasteiger partial charge in [-0.1, -0.05) is 18.2 Å². The molecule has 1 aromatic carbocycles. The normalized spacial score (nSPS) is 10.8. The van der Waals surface area contributed by atoms with E-state index < -0.39 is 0 Å². The summed E-state index contributed by atoms with van der Waals surface area (Å²) in [7, 11) is 1.93. The number of aromatic nitrogens is 2. The van der Waals surface area contributed by atoms with E-state index in [9.17, 15) is 0 Å². The van der Waals surface area contributed by atoms with E-state index >= 15 is 0 Å². The van der Waals surface area contributed by atoms with Crippen LogP contribution < -0.4 is 5.73 Å². The smallest absolute Gasteiger partial charge is 0.0723 e. The van der Waals surface area contributed by atoms with Gasteiger partial charge in [-0.15, -0.1) is 0 Å². The quantitative estimate of drug-likeness (QED) is 0.679. The molecule has 1 aromatic heterocycles. The Balaban J connectivity index is 2.84. The van der Waals surface area contributed by atoms with Gasteiger partial charge in [-0.25, -0.2) is 0 Å². The fourth-order valence-corrected chi connectivity index (χ4v) is 1.48. The minimum absolute atomic E-state index is 0.566. The maximum absolute atomic E-state index is 5.60. The second kappa shape index (κ2) is 2.60. The lowest BCUT2D eigenvalue weighted by Crippen LogP contribution is -2.00. The zero-order valence-corrected chi connectivity index (χ0v) is 6.99. The number of fused-ring (bicyclic) bond motifs is 1. The molecular weight excluding hydrogens is 150 g/mol. The average Bonchev–Trinajstić information content (AvgIpc) is 2.48. The van der Waals surface area contributed by atoms with Crippen molar-refractivity contribution in [3.05, 3.63) is 30.0 Å². The van der Waals surface area contributed by atoms with Gasteiger partial charge in [0.05, 0.1) is 11.7 Å². The molecule has 62 valence electrons. The highest BCUT2D eigenvalue weighted by atomic mass is 15.2. The van der Waals surface area contributed by atoms with Crippen molar-refractivity contribution in [3.63, 3.8) is 0 Å². The van der Waals surface area contributed by atoms with E-state index in [0.717, 1.165) is 16.5 Å². The van der Waals surface area contributed by atoms with E-state index in [1.807, 2.05) is 36.1 Å². The van der Waals surface area contributed by atoms with Crippen LogP contribution >= 0.6 is 0 Å². The summed E-state index contributed by atoms with van der Waals surface area (Å²) in [6, 6.07) is 6.08. The van der Waals surface area contributed by atoms with Gasteiger partial charge in [-0.3, -0.25) is 4.68 Å². The number of benzene rings is 1. The molecule has 3 nitrogen and oxygen atoms in total. The highest BCUT2D eigenvalue weighted by molar-refractivity contribution is 5.81. The van der Waals surface area contributed by atoms with Gasteiger partial charge in [-0.2, -0.15) is 5.10 Å². The predicted molar refractivity (Wildman–Crippen MR) is 48.6 cm³/mol. The monoisotopic (exact) mass is 161 g/mol. The molecule has 2 N–H and O–H groups in total. The van der Waals surface area contributed by atoms with E-state index in [2.05, 4.69) is 5.10 Å². The first-order chi connectivity index (χ1) is 5.83. The van der Waals surface area contributed by atoms with Crippen LogP contribution in [0.1, 0.15) is 5.56 Å². The number of rotatable bonds is 1. The summed E-state index contributed by atoms with van der Waals surface area (Å²) in [6.45, 7) is 0.566. The van der Waals surface area contributed by atoms with Crippen LogP contribution in [0, 0.1) is 0 Å². The zero-order chi connectivity index (χ0) is 8.55. The zero-order valence-electron chi connectivity index (χ0n) is 6.99. The second-order valence-corrected chi connectivity index (χ2v) is 2.83. The van der Waals surface area contributed by atoms with Crippen LogP contribution in [-0.2, 0) is 13.6 Å². The Hall–Kier alpha value is -1.35. The largest absolute Gasteiger partial charge is 0.326 e. The Bertz CT molecular complexity index is 403. The number of aryl methyl sites for hydroxylation is 1. The van der Waals surface area contributed by atoms with Crippen molar-refractivity contribution in [2.24, 2.45) is 12.8 Å². The van der Waals surface area contributed by atoms with Crippen LogP contribution in [0.3, 0.4) is 0 Å². The van der Waals surface area contributed by atoms with Crippen molar-refractivity contribution in [3.8, 4) is 0 Å². The molecule has 0 spiro atoms. The van der Waals surface area contributed by atoms with Gasteiger partial charge in [0, 0.05) is 19.0 Å². The van der Waals surface area contributed by atoms with Crippen LogP contribution in [-0.4, -0.2) is 9.78 Å². The van der Waals surface area contributed by atoms with Gasteiger partial charge in [0.15, 0.2) is 0 Å². The average molecular weight is 161 g/mol. The van der Waals surface area contributed by atoms with Gasteiger partial charge in [0.25, 0.3) is 0 Å². The third-order valence-electron chi connectivity index (χ3n) is 2.06. The summed E-state index contributed by atoms with van der Waals surface area (Å²) in [5.41, 5.74) is 7.89. The minimum Gasteiger partial charge on any atom is -0.326 e. The number of hydrogen-bond donors (Lipinski definition) is 1. The second-order valence-electron chi connectivity index (χ2n) is 2.83. The highest BCUT2D eigenvalue weighted by Gasteiger charge is 2.02. The van der Waals surface area contributed by atoms with Crippen molar-refractivity contribution < 1.29 is 0 Å². The summed E-state index contributed by atoms with van der Waals surface area (Å²) in [5.74, 6) is 0. The molecule has 0 unspecified atom stereocenters. The molecule has 0 radical (unpaired) electrons. The molecule has 0 fully saturated rings. The lowest BCUT2D eigenvalue weighted by Gasteiger charge is -2.00. The van der Waals surface area contributed by atoms with Gasteiger partial charge in [-0.05, 0) is 5.56 Å². The predicted octanol–water partition coefficient (Wildman–Crippen LogP) is 1.03. The Morgan fingerprint density at radius 1 is 1.50 bits per heavy atom. The molecule has 0 aliphatic carbocycles. The van der Waals surface area contributed by atoms with Crippen molar-refractivity contribution >= 4 is 10.9 Å². The molecule has 12 heavy (non-hydrogen) atoms. The van der Waals surface area contributed by atoms with Crippen LogP contribution in [0.15, 0.2) is 24.4 Å². The SMILES string of the molecule is Cn1ncc2cccc(CN)c21. The highest BCUT2D eigenvalue weighted by Crippen LogP contribution is 2.16. The molecular formula is C9H11N3. The molecule has 2 aromatic rings. The lowest BCUT2D eigenvalue weighted by molar-refractivity contribution is 0.791. The van der Waals surface area contributed by atoms with Gasteiger partial charge >= 0.3 is 0 Å². The Morgan fingerprint density at radius 2 is 2.33 bits per heavy atom. The van der Waals surface area contributed by atoms with Crippen LogP contribution in [0.25, 0.3) is 10.9 Å². The minimum atomic E-state index is 0.566. The fourth-order valence-electron chi connectivity index (χ4n) is 1.48. The van der Waals surface area contributed by atoms with Crippen LogP contribution in [0.4, 0.5) is 0 Å². The summed E-state index contributed by atoms with van der Waals surface area (Å²) >= 11 is 0. The molecule has 0 aliphatic rings. The molecule has 0 atom stereocenters. The van der Waals surface area contributed by atoms with Crippen LogP contribution in [0.5, 0.6) is 0 Å². The third kappa shape index (κ3) is 0.905. The molecule has 3 heteroatoms.